The normalized spacial score (nSPS) is 11.1. The smallest absolute Gasteiger partial charge is 0.326 e. The molecule has 0 bridgehead atoms. The molecule has 0 radical (unpaired) electrons. The molecule has 0 amide bonds. The number of nitrogens with two attached hydrogens (primary N) is 1. The van der Waals surface area contributed by atoms with Crippen molar-refractivity contribution in [3.05, 3.63) is 59.4 Å². The zero-order valence-corrected chi connectivity index (χ0v) is 11.1. The van der Waals surface area contributed by atoms with Crippen LogP contribution in [0.25, 0.3) is 11.1 Å². The Morgan fingerprint density at radius 2 is 1.55 bits per heavy atom. The zero-order valence-electron chi connectivity index (χ0n) is 10.2. The first-order valence-corrected chi connectivity index (χ1v) is 5.58. The minimum Gasteiger partial charge on any atom is -0.326 e. The molecule has 0 heterocycles. The van der Waals surface area contributed by atoms with Crippen molar-refractivity contribution in [2.75, 3.05) is 0 Å². The number of alkyl halides is 3. The van der Waals surface area contributed by atoms with Crippen LogP contribution in [-0.4, -0.2) is 0 Å². The molecular formula is C14H12ClF4N. The Morgan fingerprint density at radius 3 is 2.05 bits per heavy atom. The van der Waals surface area contributed by atoms with Crippen LogP contribution in [0.5, 0.6) is 0 Å². The van der Waals surface area contributed by atoms with Gasteiger partial charge in [-0.15, -0.1) is 12.4 Å². The van der Waals surface area contributed by atoms with Gasteiger partial charge in [0.1, 0.15) is 5.82 Å². The summed E-state index contributed by atoms with van der Waals surface area (Å²) in [7, 11) is 0. The van der Waals surface area contributed by atoms with Crippen molar-refractivity contribution in [1.29, 1.82) is 0 Å². The Hall–Kier alpha value is -1.59. The summed E-state index contributed by atoms with van der Waals surface area (Å²) in [6.45, 7) is -0.0172. The standard InChI is InChI=1S/C14H11F4N.ClH/c15-12-4-1-9(2-5-12)13-6-3-11(14(16,17)18)7-10(13)8-19;/h1-7H,8,19H2;1H. The third kappa shape index (κ3) is 3.49. The average molecular weight is 306 g/mol. The molecule has 0 aliphatic rings. The summed E-state index contributed by atoms with van der Waals surface area (Å²) < 4.78 is 50.6. The summed E-state index contributed by atoms with van der Waals surface area (Å²) in [5.74, 6) is -0.398. The molecule has 0 saturated carbocycles. The molecule has 2 rings (SSSR count). The first kappa shape index (κ1) is 16.5. The van der Waals surface area contributed by atoms with Crippen molar-refractivity contribution >= 4 is 12.4 Å². The van der Waals surface area contributed by atoms with E-state index in [0.29, 0.717) is 16.7 Å². The van der Waals surface area contributed by atoms with Crippen LogP contribution in [0.1, 0.15) is 11.1 Å². The lowest BCUT2D eigenvalue weighted by Crippen LogP contribution is -2.08. The van der Waals surface area contributed by atoms with Crippen LogP contribution in [-0.2, 0) is 12.7 Å². The average Bonchev–Trinajstić information content (AvgIpc) is 2.38. The quantitative estimate of drug-likeness (QED) is 0.818. The van der Waals surface area contributed by atoms with E-state index >= 15 is 0 Å². The molecule has 2 N–H and O–H groups in total. The van der Waals surface area contributed by atoms with E-state index in [2.05, 4.69) is 0 Å². The summed E-state index contributed by atoms with van der Waals surface area (Å²) >= 11 is 0. The lowest BCUT2D eigenvalue weighted by atomic mass is 9.97. The molecule has 0 aliphatic heterocycles. The fourth-order valence-corrected chi connectivity index (χ4v) is 1.85. The van der Waals surface area contributed by atoms with Crippen LogP contribution in [0.2, 0.25) is 0 Å². The number of halogens is 5. The Balaban J connectivity index is 0.00000200. The number of hydrogen-bond donors (Lipinski definition) is 1. The van der Waals surface area contributed by atoms with E-state index in [4.69, 9.17) is 5.73 Å². The summed E-state index contributed by atoms with van der Waals surface area (Å²) in [4.78, 5) is 0. The molecule has 0 fully saturated rings. The minimum atomic E-state index is -4.40. The van der Waals surface area contributed by atoms with Crippen LogP contribution < -0.4 is 5.73 Å². The van der Waals surface area contributed by atoms with Crippen LogP contribution in [0.4, 0.5) is 17.6 Å². The Labute approximate surface area is 119 Å². The lowest BCUT2D eigenvalue weighted by molar-refractivity contribution is -0.137. The van der Waals surface area contributed by atoms with Gasteiger partial charge in [-0.05, 0) is 41.0 Å². The highest BCUT2D eigenvalue weighted by atomic mass is 35.5. The molecule has 2 aromatic carbocycles. The fraction of sp³-hybridized carbons (Fsp3) is 0.143. The molecule has 6 heteroatoms. The molecule has 0 aromatic heterocycles. The summed E-state index contributed by atoms with van der Waals surface area (Å²) in [5, 5.41) is 0. The molecule has 108 valence electrons. The van der Waals surface area contributed by atoms with Crippen molar-refractivity contribution in [3.63, 3.8) is 0 Å². The molecule has 0 spiro atoms. The van der Waals surface area contributed by atoms with Crippen molar-refractivity contribution in [1.82, 2.24) is 0 Å². The second-order valence-corrected chi connectivity index (χ2v) is 4.08. The molecule has 0 unspecified atom stereocenters. The van der Waals surface area contributed by atoms with E-state index in [1.54, 1.807) is 0 Å². The van der Waals surface area contributed by atoms with Gasteiger partial charge in [0, 0.05) is 6.54 Å². The maximum absolute atomic E-state index is 12.8. The van der Waals surface area contributed by atoms with Crippen molar-refractivity contribution in [3.8, 4) is 11.1 Å². The van der Waals surface area contributed by atoms with Crippen molar-refractivity contribution in [2.45, 2.75) is 12.7 Å². The van der Waals surface area contributed by atoms with Crippen LogP contribution in [0.3, 0.4) is 0 Å². The van der Waals surface area contributed by atoms with Gasteiger partial charge in [0.15, 0.2) is 0 Å². The minimum absolute atomic E-state index is 0. The maximum atomic E-state index is 12.8. The SMILES string of the molecule is Cl.NCc1cc(C(F)(F)F)ccc1-c1ccc(F)cc1. The molecule has 2 aromatic rings. The largest absolute Gasteiger partial charge is 0.416 e. The van der Waals surface area contributed by atoms with E-state index < -0.39 is 17.6 Å². The Kier molecular flexibility index (Phi) is 5.14. The second-order valence-electron chi connectivity index (χ2n) is 4.08. The van der Waals surface area contributed by atoms with Gasteiger partial charge in [-0.2, -0.15) is 13.2 Å². The maximum Gasteiger partial charge on any atom is 0.416 e. The molecule has 0 saturated heterocycles. The predicted molar refractivity (Wildman–Crippen MR) is 72.0 cm³/mol. The highest BCUT2D eigenvalue weighted by molar-refractivity contribution is 5.85. The number of hydrogen-bond acceptors (Lipinski definition) is 1. The van der Waals surface area contributed by atoms with Gasteiger partial charge in [-0.1, -0.05) is 18.2 Å². The molecule has 20 heavy (non-hydrogen) atoms. The highest BCUT2D eigenvalue weighted by Crippen LogP contribution is 2.33. The third-order valence-corrected chi connectivity index (χ3v) is 2.81. The summed E-state index contributed by atoms with van der Waals surface area (Å²) in [6, 6.07) is 8.92. The van der Waals surface area contributed by atoms with Gasteiger partial charge in [0.05, 0.1) is 5.56 Å². The van der Waals surface area contributed by atoms with Crippen molar-refractivity contribution in [2.24, 2.45) is 5.73 Å². The molecule has 0 aliphatic carbocycles. The topological polar surface area (TPSA) is 26.0 Å². The van der Waals surface area contributed by atoms with Crippen LogP contribution >= 0.6 is 12.4 Å². The van der Waals surface area contributed by atoms with Gasteiger partial charge in [0.2, 0.25) is 0 Å². The summed E-state index contributed by atoms with van der Waals surface area (Å²) in [6.07, 6.45) is -4.40. The van der Waals surface area contributed by atoms with E-state index in [-0.39, 0.29) is 19.0 Å². The highest BCUT2D eigenvalue weighted by Gasteiger charge is 2.30. The van der Waals surface area contributed by atoms with Crippen molar-refractivity contribution < 1.29 is 17.6 Å². The predicted octanol–water partition coefficient (Wildman–Crippen LogP) is 4.39. The lowest BCUT2D eigenvalue weighted by Gasteiger charge is -2.12. The number of rotatable bonds is 2. The first-order valence-electron chi connectivity index (χ1n) is 5.58. The fourth-order valence-electron chi connectivity index (χ4n) is 1.85. The zero-order chi connectivity index (χ0) is 14.0. The second kappa shape index (κ2) is 6.24. The van der Waals surface area contributed by atoms with E-state index in [9.17, 15) is 17.6 Å². The van der Waals surface area contributed by atoms with Gasteiger partial charge in [-0.25, -0.2) is 4.39 Å². The van der Waals surface area contributed by atoms with Crippen LogP contribution in [0.15, 0.2) is 42.5 Å². The molecule has 1 nitrogen and oxygen atoms in total. The molecule has 0 atom stereocenters. The first-order chi connectivity index (χ1) is 8.91. The molecular weight excluding hydrogens is 294 g/mol. The van der Waals surface area contributed by atoms with Gasteiger partial charge < -0.3 is 5.73 Å². The number of benzene rings is 2. The van der Waals surface area contributed by atoms with Gasteiger partial charge in [0.25, 0.3) is 0 Å². The van der Waals surface area contributed by atoms with E-state index in [1.165, 1.54) is 30.3 Å². The van der Waals surface area contributed by atoms with Crippen LogP contribution in [0, 0.1) is 5.82 Å². The van der Waals surface area contributed by atoms with Gasteiger partial charge >= 0.3 is 6.18 Å². The summed E-state index contributed by atoms with van der Waals surface area (Å²) in [5.41, 5.74) is 6.34. The Morgan fingerprint density at radius 1 is 0.950 bits per heavy atom. The van der Waals surface area contributed by atoms with E-state index in [1.807, 2.05) is 0 Å². The van der Waals surface area contributed by atoms with E-state index in [0.717, 1.165) is 12.1 Å². The monoisotopic (exact) mass is 305 g/mol. The third-order valence-electron chi connectivity index (χ3n) is 2.81. The Bertz CT molecular complexity index is 579. The van der Waals surface area contributed by atoms with Gasteiger partial charge in [-0.3, -0.25) is 0 Å².